The van der Waals surface area contributed by atoms with Crippen molar-refractivity contribution < 1.29 is 9.18 Å². The van der Waals surface area contributed by atoms with Gasteiger partial charge in [0.25, 0.3) is 0 Å². The van der Waals surface area contributed by atoms with Crippen LogP contribution in [0.25, 0.3) is 0 Å². The van der Waals surface area contributed by atoms with Crippen molar-refractivity contribution in [2.24, 2.45) is 0 Å². The summed E-state index contributed by atoms with van der Waals surface area (Å²) < 4.78 is 13.2. The number of hydrogen-bond donors (Lipinski definition) is 2. The van der Waals surface area contributed by atoms with E-state index < -0.39 is 6.04 Å². The SMILES string of the molecule is CC(CNC1C(=O)Nc2cc(F)ccc21)c1ccccc1. The summed E-state index contributed by atoms with van der Waals surface area (Å²) in [4.78, 5) is 12.0. The molecular weight excluding hydrogens is 267 g/mol. The molecule has 0 aliphatic carbocycles. The van der Waals surface area contributed by atoms with Crippen LogP contribution in [0.5, 0.6) is 0 Å². The second-order valence-electron chi connectivity index (χ2n) is 5.37. The van der Waals surface area contributed by atoms with Gasteiger partial charge in [0.15, 0.2) is 0 Å². The fourth-order valence-electron chi connectivity index (χ4n) is 2.63. The van der Waals surface area contributed by atoms with E-state index in [1.165, 1.54) is 17.7 Å². The van der Waals surface area contributed by atoms with Gasteiger partial charge in [-0.15, -0.1) is 0 Å². The molecule has 2 aromatic rings. The molecule has 108 valence electrons. The third-order valence-corrected chi connectivity index (χ3v) is 3.84. The largest absolute Gasteiger partial charge is 0.324 e. The van der Waals surface area contributed by atoms with Crippen LogP contribution in [0.1, 0.15) is 30.0 Å². The quantitative estimate of drug-likeness (QED) is 0.905. The normalized spacial score (nSPS) is 18.2. The summed E-state index contributed by atoms with van der Waals surface area (Å²) in [6, 6.07) is 14.1. The first-order chi connectivity index (χ1) is 10.1. The molecule has 1 aliphatic heterocycles. The lowest BCUT2D eigenvalue weighted by atomic mass is 10.0. The molecule has 2 N–H and O–H groups in total. The van der Waals surface area contributed by atoms with Gasteiger partial charge >= 0.3 is 0 Å². The molecule has 3 nitrogen and oxygen atoms in total. The maximum absolute atomic E-state index is 13.2. The second-order valence-corrected chi connectivity index (χ2v) is 5.37. The Labute approximate surface area is 123 Å². The Balaban J connectivity index is 1.70. The van der Waals surface area contributed by atoms with Gasteiger partial charge in [-0.1, -0.05) is 43.3 Å². The van der Waals surface area contributed by atoms with Gasteiger partial charge in [-0.25, -0.2) is 4.39 Å². The number of amides is 1. The molecule has 2 aromatic carbocycles. The summed E-state index contributed by atoms with van der Waals surface area (Å²) in [5.74, 6) is -0.174. The highest BCUT2D eigenvalue weighted by Gasteiger charge is 2.30. The van der Waals surface area contributed by atoms with Crippen LogP contribution in [0.4, 0.5) is 10.1 Å². The summed E-state index contributed by atoms with van der Waals surface area (Å²) in [7, 11) is 0. The highest BCUT2D eigenvalue weighted by atomic mass is 19.1. The molecule has 0 spiro atoms. The lowest BCUT2D eigenvalue weighted by Gasteiger charge is -2.16. The fraction of sp³-hybridized carbons (Fsp3) is 0.235. The zero-order valence-corrected chi connectivity index (χ0v) is 11.8. The Morgan fingerprint density at radius 3 is 2.76 bits per heavy atom. The summed E-state index contributed by atoms with van der Waals surface area (Å²) in [5.41, 5.74) is 2.59. The van der Waals surface area contributed by atoms with E-state index >= 15 is 0 Å². The van der Waals surface area contributed by atoms with Gasteiger partial charge in [0.2, 0.25) is 5.91 Å². The molecule has 3 rings (SSSR count). The van der Waals surface area contributed by atoms with Gasteiger partial charge in [0.05, 0.1) is 0 Å². The number of carbonyl (C=O) groups is 1. The molecule has 1 amide bonds. The Morgan fingerprint density at radius 2 is 2.00 bits per heavy atom. The number of anilines is 1. The Morgan fingerprint density at radius 1 is 1.24 bits per heavy atom. The molecule has 4 heteroatoms. The van der Waals surface area contributed by atoms with E-state index in [0.717, 1.165) is 5.56 Å². The third kappa shape index (κ3) is 2.81. The number of benzene rings is 2. The molecule has 0 bridgehead atoms. The van der Waals surface area contributed by atoms with Crippen LogP contribution in [0.2, 0.25) is 0 Å². The van der Waals surface area contributed by atoms with Crippen molar-refractivity contribution >= 4 is 11.6 Å². The highest BCUT2D eigenvalue weighted by Crippen LogP contribution is 2.31. The van der Waals surface area contributed by atoms with Crippen LogP contribution in [-0.2, 0) is 4.79 Å². The molecule has 1 heterocycles. The lowest BCUT2D eigenvalue weighted by Crippen LogP contribution is -2.30. The number of carbonyl (C=O) groups excluding carboxylic acids is 1. The fourth-order valence-corrected chi connectivity index (χ4v) is 2.63. The van der Waals surface area contributed by atoms with Crippen molar-refractivity contribution in [3.63, 3.8) is 0 Å². The van der Waals surface area contributed by atoms with Gasteiger partial charge in [-0.05, 0) is 23.6 Å². The maximum Gasteiger partial charge on any atom is 0.246 e. The molecule has 0 fully saturated rings. The highest BCUT2D eigenvalue weighted by molar-refractivity contribution is 6.02. The Kier molecular flexibility index (Phi) is 3.71. The second kappa shape index (κ2) is 5.66. The van der Waals surface area contributed by atoms with Crippen LogP contribution in [0.15, 0.2) is 48.5 Å². The van der Waals surface area contributed by atoms with Crippen LogP contribution in [0, 0.1) is 5.82 Å². The standard InChI is InChI=1S/C17H17FN2O/c1-11(12-5-3-2-4-6-12)10-19-16-14-8-7-13(18)9-15(14)20-17(16)21/h2-9,11,16,19H,10H2,1H3,(H,20,21). The first kappa shape index (κ1) is 13.8. The van der Waals surface area contributed by atoms with E-state index in [9.17, 15) is 9.18 Å². The van der Waals surface area contributed by atoms with Gasteiger partial charge in [0, 0.05) is 17.8 Å². The van der Waals surface area contributed by atoms with E-state index in [2.05, 4.69) is 29.7 Å². The summed E-state index contributed by atoms with van der Waals surface area (Å²) in [5, 5.41) is 5.98. The number of halogens is 1. The van der Waals surface area contributed by atoms with Gasteiger partial charge in [-0.3, -0.25) is 4.79 Å². The summed E-state index contributed by atoms with van der Waals surface area (Å²) >= 11 is 0. The minimum Gasteiger partial charge on any atom is -0.324 e. The zero-order chi connectivity index (χ0) is 14.8. The van der Waals surface area contributed by atoms with Crippen molar-refractivity contribution in [3.8, 4) is 0 Å². The van der Waals surface area contributed by atoms with Crippen molar-refractivity contribution in [2.45, 2.75) is 18.9 Å². The van der Waals surface area contributed by atoms with E-state index in [4.69, 9.17) is 0 Å². The van der Waals surface area contributed by atoms with Gasteiger partial charge in [0.1, 0.15) is 11.9 Å². The molecule has 21 heavy (non-hydrogen) atoms. The van der Waals surface area contributed by atoms with E-state index in [-0.39, 0.29) is 11.7 Å². The van der Waals surface area contributed by atoms with E-state index in [1.54, 1.807) is 6.07 Å². The molecule has 0 radical (unpaired) electrons. The van der Waals surface area contributed by atoms with Gasteiger partial charge in [-0.2, -0.15) is 0 Å². The molecule has 1 aliphatic rings. The van der Waals surface area contributed by atoms with Crippen molar-refractivity contribution in [1.82, 2.24) is 5.32 Å². The number of rotatable bonds is 4. The molecule has 2 unspecified atom stereocenters. The number of nitrogens with one attached hydrogen (secondary N) is 2. The van der Waals surface area contributed by atoms with Crippen LogP contribution in [0.3, 0.4) is 0 Å². The maximum atomic E-state index is 13.2. The Bertz CT molecular complexity index is 657. The predicted octanol–water partition coefficient (Wildman–Crippen LogP) is 3.21. The first-order valence-electron chi connectivity index (χ1n) is 7.04. The van der Waals surface area contributed by atoms with Crippen LogP contribution in [-0.4, -0.2) is 12.5 Å². The summed E-state index contributed by atoms with van der Waals surface area (Å²) in [6.45, 7) is 2.79. The van der Waals surface area contributed by atoms with E-state index in [1.807, 2.05) is 18.2 Å². The van der Waals surface area contributed by atoms with Crippen molar-refractivity contribution in [1.29, 1.82) is 0 Å². The summed E-state index contributed by atoms with van der Waals surface area (Å²) in [6.07, 6.45) is 0. The van der Waals surface area contributed by atoms with E-state index in [0.29, 0.717) is 18.2 Å². The lowest BCUT2D eigenvalue weighted by molar-refractivity contribution is -0.117. The molecule has 0 aromatic heterocycles. The number of hydrogen-bond acceptors (Lipinski definition) is 2. The predicted molar refractivity (Wildman–Crippen MR) is 80.6 cm³/mol. The average Bonchev–Trinajstić information content (AvgIpc) is 2.80. The van der Waals surface area contributed by atoms with Crippen molar-refractivity contribution in [3.05, 3.63) is 65.5 Å². The monoisotopic (exact) mass is 284 g/mol. The average molecular weight is 284 g/mol. The van der Waals surface area contributed by atoms with Gasteiger partial charge < -0.3 is 10.6 Å². The van der Waals surface area contributed by atoms with Crippen LogP contribution < -0.4 is 10.6 Å². The molecular formula is C17H17FN2O. The minimum atomic E-state index is -0.410. The topological polar surface area (TPSA) is 41.1 Å². The molecule has 2 atom stereocenters. The minimum absolute atomic E-state index is 0.129. The smallest absolute Gasteiger partial charge is 0.246 e. The first-order valence-corrected chi connectivity index (χ1v) is 7.04. The Hall–Kier alpha value is -2.20. The van der Waals surface area contributed by atoms with Crippen molar-refractivity contribution in [2.75, 3.05) is 11.9 Å². The number of fused-ring (bicyclic) bond motifs is 1. The zero-order valence-electron chi connectivity index (χ0n) is 11.8. The molecule has 0 saturated carbocycles. The molecule has 0 saturated heterocycles. The van der Waals surface area contributed by atoms with Crippen LogP contribution >= 0.6 is 0 Å². The third-order valence-electron chi connectivity index (χ3n) is 3.84.